The lowest BCUT2D eigenvalue weighted by Crippen LogP contribution is -2.29. The SMILES string of the molecule is CC1CCC(CNC(=O)c2cc(S)ccc2F)C1. The number of hydrogen-bond acceptors (Lipinski definition) is 2. The lowest BCUT2D eigenvalue weighted by Gasteiger charge is -2.11. The first-order valence-corrected chi connectivity index (χ1v) is 6.77. The first-order chi connectivity index (χ1) is 8.56. The Balaban J connectivity index is 1.93. The maximum absolute atomic E-state index is 13.5. The van der Waals surface area contributed by atoms with Crippen LogP contribution >= 0.6 is 12.6 Å². The van der Waals surface area contributed by atoms with E-state index in [1.807, 2.05) is 0 Å². The number of amides is 1. The monoisotopic (exact) mass is 267 g/mol. The molecule has 1 amide bonds. The molecule has 98 valence electrons. The van der Waals surface area contributed by atoms with E-state index >= 15 is 0 Å². The van der Waals surface area contributed by atoms with Crippen molar-refractivity contribution in [3.8, 4) is 0 Å². The molecule has 1 N–H and O–H groups in total. The number of halogens is 1. The van der Waals surface area contributed by atoms with Gasteiger partial charge < -0.3 is 5.32 Å². The van der Waals surface area contributed by atoms with Crippen LogP contribution in [0.2, 0.25) is 0 Å². The van der Waals surface area contributed by atoms with E-state index in [4.69, 9.17) is 0 Å². The third-order valence-electron chi connectivity index (χ3n) is 3.55. The predicted molar refractivity (Wildman–Crippen MR) is 72.5 cm³/mol. The minimum absolute atomic E-state index is 0.0774. The molecule has 4 heteroatoms. The molecule has 0 aromatic heterocycles. The van der Waals surface area contributed by atoms with Crippen molar-refractivity contribution in [2.75, 3.05) is 6.54 Å². The molecule has 0 heterocycles. The number of rotatable bonds is 3. The van der Waals surface area contributed by atoms with Gasteiger partial charge in [0, 0.05) is 11.4 Å². The molecule has 1 aromatic rings. The second-order valence-corrected chi connectivity index (χ2v) is 5.67. The van der Waals surface area contributed by atoms with Gasteiger partial charge in [0.25, 0.3) is 5.91 Å². The lowest BCUT2D eigenvalue weighted by molar-refractivity contribution is 0.0943. The second-order valence-electron chi connectivity index (χ2n) is 5.16. The van der Waals surface area contributed by atoms with Crippen LogP contribution in [-0.4, -0.2) is 12.5 Å². The average molecular weight is 267 g/mol. The smallest absolute Gasteiger partial charge is 0.254 e. The molecular formula is C14H18FNOS. The summed E-state index contributed by atoms with van der Waals surface area (Å²) in [5.41, 5.74) is 0.0774. The Morgan fingerprint density at radius 3 is 2.94 bits per heavy atom. The fourth-order valence-electron chi connectivity index (χ4n) is 2.53. The Kier molecular flexibility index (Phi) is 4.27. The van der Waals surface area contributed by atoms with Gasteiger partial charge in [-0.15, -0.1) is 12.6 Å². The molecule has 1 aromatic carbocycles. The Morgan fingerprint density at radius 1 is 1.50 bits per heavy atom. The number of thiol groups is 1. The number of hydrogen-bond donors (Lipinski definition) is 2. The van der Waals surface area contributed by atoms with Crippen molar-refractivity contribution in [2.45, 2.75) is 31.1 Å². The lowest BCUT2D eigenvalue weighted by atomic mass is 10.1. The van der Waals surface area contributed by atoms with Crippen LogP contribution < -0.4 is 5.32 Å². The van der Waals surface area contributed by atoms with Crippen molar-refractivity contribution in [3.63, 3.8) is 0 Å². The minimum atomic E-state index is -0.495. The zero-order valence-electron chi connectivity index (χ0n) is 10.4. The van der Waals surface area contributed by atoms with Gasteiger partial charge in [-0.3, -0.25) is 4.79 Å². The van der Waals surface area contributed by atoms with Gasteiger partial charge in [-0.1, -0.05) is 13.3 Å². The molecule has 2 atom stereocenters. The largest absolute Gasteiger partial charge is 0.352 e. The fraction of sp³-hybridized carbons (Fsp3) is 0.500. The maximum atomic E-state index is 13.5. The highest BCUT2D eigenvalue weighted by atomic mass is 32.1. The van der Waals surface area contributed by atoms with Crippen molar-refractivity contribution in [1.29, 1.82) is 0 Å². The van der Waals surface area contributed by atoms with E-state index in [1.165, 1.54) is 24.6 Å². The molecule has 2 unspecified atom stereocenters. The highest BCUT2D eigenvalue weighted by Gasteiger charge is 2.22. The van der Waals surface area contributed by atoms with E-state index < -0.39 is 5.82 Å². The fourth-order valence-corrected chi connectivity index (χ4v) is 2.73. The second kappa shape index (κ2) is 5.74. The quantitative estimate of drug-likeness (QED) is 0.809. The summed E-state index contributed by atoms with van der Waals surface area (Å²) in [6, 6.07) is 4.27. The average Bonchev–Trinajstić information content (AvgIpc) is 2.75. The van der Waals surface area contributed by atoms with E-state index in [9.17, 15) is 9.18 Å². The van der Waals surface area contributed by atoms with Gasteiger partial charge in [0.05, 0.1) is 5.56 Å². The van der Waals surface area contributed by atoms with Crippen LogP contribution in [-0.2, 0) is 0 Å². The minimum Gasteiger partial charge on any atom is -0.352 e. The van der Waals surface area contributed by atoms with Crippen molar-refractivity contribution in [2.24, 2.45) is 11.8 Å². The van der Waals surface area contributed by atoms with Gasteiger partial charge in [-0.2, -0.15) is 0 Å². The normalized spacial score (nSPS) is 23.1. The van der Waals surface area contributed by atoms with Gasteiger partial charge in [-0.25, -0.2) is 4.39 Å². The molecule has 2 nitrogen and oxygen atoms in total. The molecule has 1 fully saturated rings. The van der Waals surface area contributed by atoms with Crippen LogP contribution in [0.25, 0.3) is 0 Å². The topological polar surface area (TPSA) is 29.1 Å². The number of nitrogens with one attached hydrogen (secondary N) is 1. The summed E-state index contributed by atoms with van der Waals surface area (Å²) in [6.07, 6.45) is 3.52. The van der Waals surface area contributed by atoms with E-state index in [-0.39, 0.29) is 11.5 Å². The highest BCUT2D eigenvalue weighted by molar-refractivity contribution is 7.80. The van der Waals surface area contributed by atoms with Gasteiger partial charge >= 0.3 is 0 Å². The van der Waals surface area contributed by atoms with Gasteiger partial charge in [0.2, 0.25) is 0 Å². The maximum Gasteiger partial charge on any atom is 0.254 e. The summed E-state index contributed by atoms with van der Waals surface area (Å²) in [6.45, 7) is 2.87. The molecule has 1 saturated carbocycles. The summed E-state index contributed by atoms with van der Waals surface area (Å²) in [5, 5.41) is 2.82. The predicted octanol–water partition coefficient (Wildman–Crippen LogP) is 3.28. The summed E-state index contributed by atoms with van der Waals surface area (Å²) < 4.78 is 13.5. The van der Waals surface area contributed by atoms with Crippen molar-refractivity contribution < 1.29 is 9.18 Å². The van der Waals surface area contributed by atoms with Crippen LogP contribution in [0.1, 0.15) is 36.5 Å². The summed E-state index contributed by atoms with van der Waals surface area (Å²) >= 11 is 4.12. The van der Waals surface area contributed by atoms with Crippen LogP contribution in [0.5, 0.6) is 0 Å². The van der Waals surface area contributed by atoms with Crippen molar-refractivity contribution in [3.05, 3.63) is 29.6 Å². The van der Waals surface area contributed by atoms with Gasteiger partial charge in [0.15, 0.2) is 0 Å². The van der Waals surface area contributed by atoms with E-state index in [2.05, 4.69) is 24.9 Å². The van der Waals surface area contributed by atoms with E-state index in [0.717, 1.165) is 18.8 Å². The number of carbonyl (C=O) groups excluding carboxylic acids is 1. The molecule has 0 radical (unpaired) electrons. The zero-order chi connectivity index (χ0) is 13.1. The Labute approximate surface area is 112 Å². The summed E-state index contributed by atoms with van der Waals surface area (Å²) in [4.78, 5) is 12.5. The van der Waals surface area contributed by atoms with E-state index in [0.29, 0.717) is 17.4 Å². The summed E-state index contributed by atoms with van der Waals surface area (Å²) in [5.74, 6) is 0.434. The molecule has 0 spiro atoms. The van der Waals surface area contributed by atoms with Crippen LogP contribution in [0.15, 0.2) is 23.1 Å². The Hall–Kier alpha value is -1.03. The molecule has 18 heavy (non-hydrogen) atoms. The molecule has 2 rings (SSSR count). The molecule has 0 saturated heterocycles. The summed E-state index contributed by atoms with van der Waals surface area (Å²) in [7, 11) is 0. The first kappa shape index (κ1) is 13.4. The van der Waals surface area contributed by atoms with Crippen LogP contribution in [0.4, 0.5) is 4.39 Å². The van der Waals surface area contributed by atoms with Crippen LogP contribution in [0, 0.1) is 17.7 Å². The molecule has 1 aliphatic rings. The van der Waals surface area contributed by atoms with E-state index in [1.54, 1.807) is 0 Å². The molecule has 0 bridgehead atoms. The third-order valence-corrected chi connectivity index (χ3v) is 3.83. The zero-order valence-corrected chi connectivity index (χ0v) is 11.3. The number of carbonyl (C=O) groups is 1. The van der Waals surface area contributed by atoms with Crippen LogP contribution in [0.3, 0.4) is 0 Å². The standard InChI is InChI=1S/C14H18FNOS/c1-9-2-3-10(6-9)8-16-14(17)12-7-11(18)4-5-13(12)15/h4-5,7,9-10,18H,2-3,6,8H2,1H3,(H,16,17). The van der Waals surface area contributed by atoms with Gasteiger partial charge in [0.1, 0.15) is 5.82 Å². The number of benzene rings is 1. The first-order valence-electron chi connectivity index (χ1n) is 6.33. The Bertz CT molecular complexity index is 449. The molecule has 1 aliphatic carbocycles. The van der Waals surface area contributed by atoms with Crippen molar-refractivity contribution in [1.82, 2.24) is 5.32 Å². The Morgan fingerprint density at radius 2 is 2.28 bits per heavy atom. The third kappa shape index (κ3) is 3.25. The highest BCUT2D eigenvalue weighted by Crippen LogP contribution is 2.29. The molecular weight excluding hydrogens is 249 g/mol. The molecule has 0 aliphatic heterocycles. The van der Waals surface area contributed by atoms with Gasteiger partial charge in [-0.05, 0) is 42.9 Å². The van der Waals surface area contributed by atoms with Crippen molar-refractivity contribution >= 4 is 18.5 Å².